The molecule has 2 aromatic heterocycles. The molecule has 0 aliphatic carbocycles. The van der Waals surface area contributed by atoms with E-state index in [0.717, 1.165) is 16.4 Å². The van der Waals surface area contributed by atoms with Crippen LogP contribution in [0.2, 0.25) is 0 Å². The maximum absolute atomic E-state index is 11.4. The van der Waals surface area contributed by atoms with E-state index in [0.29, 0.717) is 0 Å². The van der Waals surface area contributed by atoms with Crippen molar-refractivity contribution in [1.29, 1.82) is 0 Å². The molecule has 2 heterocycles. The maximum Gasteiger partial charge on any atom is 0.189 e. The minimum Gasteiger partial charge on any atom is -0.305 e. The highest BCUT2D eigenvalue weighted by Crippen LogP contribution is 2.15. The van der Waals surface area contributed by atoms with E-state index in [2.05, 4.69) is 4.98 Å². The summed E-state index contributed by atoms with van der Waals surface area (Å²) in [6.07, 6.45) is 3.46. The molecule has 13 heavy (non-hydrogen) atoms. The molecule has 0 unspecified atom stereocenters. The molecule has 3 nitrogen and oxygen atoms in total. The quantitative estimate of drug-likeness (QED) is 0.509. The largest absolute Gasteiger partial charge is 0.305 e. The molecular weight excluding hydrogens is 164 g/mol. The highest BCUT2D eigenvalue weighted by Gasteiger charge is 2.04. The minimum absolute atomic E-state index is 0.0543. The fraction of sp³-hybridized carbons (Fsp3) is 0. The number of imidazole rings is 1. The average molecular weight is 170 g/mol. The first-order valence-corrected chi connectivity index (χ1v) is 4.04. The van der Waals surface area contributed by atoms with Crippen LogP contribution in [0.1, 0.15) is 0 Å². The zero-order chi connectivity index (χ0) is 8.84. The van der Waals surface area contributed by atoms with Crippen LogP contribution in [0.3, 0.4) is 0 Å². The van der Waals surface area contributed by atoms with Gasteiger partial charge < -0.3 is 4.40 Å². The van der Waals surface area contributed by atoms with Crippen LogP contribution in [-0.4, -0.2) is 9.38 Å². The average Bonchev–Trinajstić information content (AvgIpc) is 2.57. The van der Waals surface area contributed by atoms with E-state index in [1.54, 1.807) is 18.6 Å². The van der Waals surface area contributed by atoms with Gasteiger partial charge >= 0.3 is 0 Å². The van der Waals surface area contributed by atoms with Gasteiger partial charge in [-0.05, 0) is 12.1 Å². The Hall–Kier alpha value is -1.90. The van der Waals surface area contributed by atoms with Crippen molar-refractivity contribution in [1.82, 2.24) is 9.38 Å². The number of hydrogen-bond acceptors (Lipinski definition) is 2. The van der Waals surface area contributed by atoms with Gasteiger partial charge in [-0.2, -0.15) is 0 Å². The van der Waals surface area contributed by atoms with E-state index in [4.69, 9.17) is 0 Å². The Balaban J connectivity index is 2.82. The van der Waals surface area contributed by atoms with Crippen molar-refractivity contribution in [2.45, 2.75) is 0 Å². The number of nitrogens with zero attached hydrogens (tertiary/aromatic N) is 2. The van der Waals surface area contributed by atoms with Gasteiger partial charge in [0.25, 0.3) is 0 Å². The Morgan fingerprint density at radius 2 is 2.15 bits per heavy atom. The third-order valence-corrected chi connectivity index (χ3v) is 2.25. The molecule has 3 heteroatoms. The molecule has 1 aromatic carbocycles. The van der Waals surface area contributed by atoms with Crippen molar-refractivity contribution in [3.8, 4) is 0 Å². The summed E-state index contributed by atoms with van der Waals surface area (Å²) in [7, 11) is 0. The van der Waals surface area contributed by atoms with Gasteiger partial charge in [-0.25, -0.2) is 4.98 Å². The second-order valence-electron chi connectivity index (χ2n) is 3.01. The molecule has 0 spiro atoms. The van der Waals surface area contributed by atoms with Crippen LogP contribution in [0.25, 0.3) is 16.4 Å². The summed E-state index contributed by atoms with van der Waals surface area (Å²) in [6.45, 7) is 0. The van der Waals surface area contributed by atoms with Gasteiger partial charge in [0, 0.05) is 17.6 Å². The molecular formula is C10H6N2O. The number of aromatic nitrogens is 2. The topological polar surface area (TPSA) is 34.4 Å². The summed E-state index contributed by atoms with van der Waals surface area (Å²) in [5.41, 5.74) is 1.84. The van der Waals surface area contributed by atoms with Gasteiger partial charge in [-0.3, -0.25) is 4.79 Å². The first kappa shape index (κ1) is 6.60. The molecule has 0 N–H and O–H groups in total. The summed E-state index contributed by atoms with van der Waals surface area (Å²) in [6, 6.07) is 7.14. The summed E-state index contributed by atoms with van der Waals surface area (Å²) in [4.78, 5) is 15.6. The van der Waals surface area contributed by atoms with E-state index in [1.807, 2.05) is 22.6 Å². The fourth-order valence-corrected chi connectivity index (χ4v) is 1.64. The Kier molecular flexibility index (Phi) is 1.05. The van der Waals surface area contributed by atoms with E-state index < -0.39 is 0 Å². The Labute approximate surface area is 73.6 Å². The number of hydrogen-bond donors (Lipinski definition) is 0. The Bertz CT molecular complexity index is 612. The highest BCUT2D eigenvalue weighted by molar-refractivity contribution is 5.93. The molecule has 0 fully saturated rings. The monoisotopic (exact) mass is 170 g/mol. The summed E-state index contributed by atoms with van der Waals surface area (Å²) in [5, 5.41) is 0.734. The van der Waals surface area contributed by atoms with Crippen molar-refractivity contribution >= 4 is 16.4 Å². The van der Waals surface area contributed by atoms with E-state index in [9.17, 15) is 4.79 Å². The van der Waals surface area contributed by atoms with E-state index >= 15 is 0 Å². The van der Waals surface area contributed by atoms with Crippen LogP contribution < -0.4 is 5.43 Å². The first-order chi connectivity index (χ1) is 6.36. The van der Waals surface area contributed by atoms with Gasteiger partial charge in [-0.1, -0.05) is 6.07 Å². The van der Waals surface area contributed by atoms with Crippen molar-refractivity contribution in [3.05, 3.63) is 47.0 Å². The Morgan fingerprint density at radius 3 is 3.08 bits per heavy atom. The number of rotatable bonds is 0. The van der Waals surface area contributed by atoms with Crippen LogP contribution in [0.15, 0.2) is 41.6 Å². The lowest BCUT2D eigenvalue weighted by molar-refractivity contribution is 1.16. The molecule has 3 rings (SSSR count). The van der Waals surface area contributed by atoms with Crippen LogP contribution in [0.5, 0.6) is 0 Å². The lowest BCUT2D eigenvalue weighted by Gasteiger charge is -1.95. The lowest BCUT2D eigenvalue weighted by atomic mass is 10.2. The maximum atomic E-state index is 11.4. The van der Waals surface area contributed by atoms with Crippen LogP contribution in [0.4, 0.5) is 0 Å². The smallest absolute Gasteiger partial charge is 0.189 e. The molecule has 0 saturated carbocycles. The van der Waals surface area contributed by atoms with E-state index in [-0.39, 0.29) is 5.43 Å². The standard InChI is InChI=1S/C10H6N2O/c13-9-4-5-12-6-11-8-3-1-2-7(9)10(8)12/h1-6H. The zero-order valence-corrected chi connectivity index (χ0v) is 6.77. The predicted octanol–water partition coefficient (Wildman–Crippen LogP) is 1.29. The minimum atomic E-state index is 0.0543. The highest BCUT2D eigenvalue weighted by atomic mass is 16.1. The fourth-order valence-electron chi connectivity index (χ4n) is 1.64. The molecule has 0 atom stereocenters. The zero-order valence-electron chi connectivity index (χ0n) is 6.77. The second kappa shape index (κ2) is 2.07. The van der Waals surface area contributed by atoms with Crippen molar-refractivity contribution < 1.29 is 0 Å². The first-order valence-electron chi connectivity index (χ1n) is 4.04. The third kappa shape index (κ3) is 0.731. The van der Waals surface area contributed by atoms with Gasteiger partial charge in [0.05, 0.1) is 17.4 Å². The summed E-state index contributed by atoms with van der Waals surface area (Å²) >= 11 is 0. The van der Waals surface area contributed by atoms with Gasteiger partial charge in [0.1, 0.15) is 0 Å². The molecule has 0 aliphatic rings. The summed E-state index contributed by atoms with van der Waals surface area (Å²) in [5.74, 6) is 0. The SMILES string of the molecule is O=c1ccn2cnc3cccc1c32. The van der Waals surface area contributed by atoms with Gasteiger partial charge in [-0.15, -0.1) is 0 Å². The molecule has 62 valence electrons. The van der Waals surface area contributed by atoms with E-state index in [1.165, 1.54) is 0 Å². The molecule has 0 radical (unpaired) electrons. The predicted molar refractivity (Wildman–Crippen MR) is 50.2 cm³/mol. The molecule has 0 amide bonds. The molecule has 0 aliphatic heterocycles. The van der Waals surface area contributed by atoms with Crippen molar-refractivity contribution in [3.63, 3.8) is 0 Å². The van der Waals surface area contributed by atoms with Gasteiger partial charge in [0.2, 0.25) is 0 Å². The van der Waals surface area contributed by atoms with Crippen molar-refractivity contribution in [2.24, 2.45) is 0 Å². The molecule has 0 saturated heterocycles. The summed E-state index contributed by atoms with van der Waals surface area (Å²) < 4.78 is 1.87. The number of para-hydroxylation sites is 1. The van der Waals surface area contributed by atoms with Crippen LogP contribution in [-0.2, 0) is 0 Å². The van der Waals surface area contributed by atoms with Gasteiger partial charge in [0.15, 0.2) is 5.43 Å². The Morgan fingerprint density at radius 1 is 1.23 bits per heavy atom. The number of pyridine rings is 1. The second-order valence-corrected chi connectivity index (χ2v) is 3.01. The van der Waals surface area contributed by atoms with Crippen LogP contribution in [0, 0.1) is 0 Å². The van der Waals surface area contributed by atoms with Crippen LogP contribution >= 0.6 is 0 Å². The van der Waals surface area contributed by atoms with Crippen molar-refractivity contribution in [2.75, 3.05) is 0 Å². The third-order valence-electron chi connectivity index (χ3n) is 2.25. The molecule has 3 aromatic rings. The molecule has 0 bridgehead atoms. The number of benzene rings is 1. The lowest BCUT2D eigenvalue weighted by Crippen LogP contribution is -2.00. The normalized spacial score (nSPS) is 11.4.